The lowest BCUT2D eigenvalue weighted by Gasteiger charge is -2.30. The van der Waals surface area contributed by atoms with Gasteiger partial charge in [0.15, 0.2) is 11.6 Å². The van der Waals surface area contributed by atoms with Crippen molar-refractivity contribution in [3.63, 3.8) is 0 Å². The van der Waals surface area contributed by atoms with E-state index < -0.39 is 17.5 Å². The molecule has 0 spiro atoms. The molecule has 3 aromatic rings. The Morgan fingerprint density at radius 3 is 2.61 bits per heavy atom. The zero-order chi connectivity index (χ0) is 23.5. The quantitative estimate of drug-likeness (QED) is 0.416. The van der Waals surface area contributed by atoms with Gasteiger partial charge >= 0.3 is 0 Å². The average molecular weight is 473 g/mol. The van der Waals surface area contributed by atoms with Crippen LogP contribution in [0, 0.1) is 11.6 Å². The summed E-state index contributed by atoms with van der Waals surface area (Å²) in [6, 6.07) is 8.10. The Morgan fingerprint density at radius 1 is 1.06 bits per heavy atom. The molecule has 4 rings (SSSR count). The number of carbonyl (C=O) groups is 1. The Labute approximate surface area is 194 Å². The molecule has 6 N–H and O–H groups in total. The number of halogens is 3. The number of amides is 1. The number of nitrogens with zero attached hydrogens (tertiary/aromatic N) is 2. The van der Waals surface area contributed by atoms with Crippen molar-refractivity contribution in [1.82, 2.24) is 9.97 Å². The molecular weight excluding hydrogens is 450 g/mol. The summed E-state index contributed by atoms with van der Waals surface area (Å²) < 4.78 is 29.0. The number of aromatic nitrogens is 2. The molecule has 0 aliphatic heterocycles. The van der Waals surface area contributed by atoms with Crippen molar-refractivity contribution in [3.05, 3.63) is 64.8 Å². The van der Waals surface area contributed by atoms with Crippen LogP contribution in [-0.4, -0.2) is 28.0 Å². The van der Waals surface area contributed by atoms with Crippen molar-refractivity contribution in [3.8, 4) is 11.3 Å². The molecule has 1 fully saturated rings. The highest BCUT2D eigenvalue weighted by Gasteiger charge is 2.24. The van der Waals surface area contributed by atoms with E-state index in [2.05, 4.69) is 20.6 Å². The van der Waals surface area contributed by atoms with Crippen molar-refractivity contribution in [2.75, 3.05) is 10.6 Å². The third-order valence-corrected chi connectivity index (χ3v) is 5.85. The van der Waals surface area contributed by atoms with E-state index in [0.717, 1.165) is 31.7 Å². The summed E-state index contributed by atoms with van der Waals surface area (Å²) in [5, 5.41) is 6.39. The summed E-state index contributed by atoms with van der Waals surface area (Å²) in [5.41, 5.74) is 12.5. The SMILES string of the molecule is NC(=O)c1cc(F)c(N[C@@H]2CCCC[C@@H]2N)nc1Nc1ccnc(-c2cc(Cl)ccc2F)c1. The standard InChI is InChI=1S/C23H23ClF2N6O/c24-12-5-6-16(25)14(9-12)20-10-13(7-8-29-20)30-22-15(21(28)33)11-17(26)23(32-22)31-19-4-2-1-3-18(19)27/h5-11,18-19H,1-4,27H2,(H2,28,33)(H2,29,30,31,32)/t18-,19+/m0/s1. The second kappa shape index (κ2) is 9.68. The smallest absolute Gasteiger partial charge is 0.252 e. The lowest BCUT2D eigenvalue weighted by molar-refractivity contribution is 0.100. The van der Waals surface area contributed by atoms with Gasteiger partial charge in [0.1, 0.15) is 11.6 Å². The maximum Gasteiger partial charge on any atom is 0.252 e. The summed E-state index contributed by atoms with van der Waals surface area (Å²) in [6.45, 7) is 0. The molecule has 33 heavy (non-hydrogen) atoms. The predicted octanol–water partition coefficient (Wildman–Crippen LogP) is 4.60. The molecule has 0 bridgehead atoms. The van der Waals surface area contributed by atoms with Gasteiger partial charge in [-0.05, 0) is 49.2 Å². The fourth-order valence-electron chi connectivity index (χ4n) is 3.87. The largest absolute Gasteiger partial charge is 0.365 e. The van der Waals surface area contributed by atoms with E-state index in [1.165, 1.54) is 24.4 Å². The Balaban J connectivity index is 1.67. The van der Waals surface area contributed by atoms with E-state index in [4.69, 9.17) is 23.1 Å². The van der Waals surface area contributed by atoms with Crippen LogP contribution in [0.2, 0.25) is 5.02 Å². The van der Waals surface area contributed by atoms with Gasteiger partial charge in [0.2, 0.25) is 0 Å². The third-order valence-electron chi connectivity index (χ3n) is 5.61. The van der Waals surface area contributed by atoms with Gasteiger partial charge in [0.25, 0.3) is 5.91 Å². The molecule has 1 aliphatic rings. The number of hydrogen-bond acceptors (Lipinski definition) is 6. The van der Waals surface area contributed by atoms with Crippen molar-refractivity contribution in [1.29, 1.82) is 0 Å². The van der Waals surface area contributed by atoms with E-state index in [0.29, 0.717) is 16.4 Å². The number of carbonyl (C=O) groups excluding carboxylic acids is 1. The number of nitrogens with one attached hydrogen (secondary N) is 2. The van der Waals surface area contributed by atoms with Gasteiger partial charge in [0, 0.05) is 34.6 Å². The summed E-state index contributed by atoms with van der Waals surface area (Å²) in [6.07, 6.45) is 5.11. The maximum atomic E-state index is 14.7. The van der Waals surface area contributed by atoms with E-state index >= 15 is 0 Å². The molecule has 10 heteroatoms. The number of pyridine rings is 2. The van der Waals surface area contributed by atoms with E-state index in [-0.39, 0.29) is 34.8 Å². The lowest BCUT2D eigenvalue weighted by atomic mass is 9.91. The summed E-state index contributed by atoms with van der Waals surface area (Å²) >= 11 is 5.99. The van der Waals surface area contributed by atoms with Crippen LogP contribution in [0.25, 0.3) is 11.3 Å². The first kappa shape index (κ1) is 22.9. The molecular formula is C23H23ClF2N6O. The molecule has 7 nitrogen and oxygen atoms in total. The minimum absolute atomic E-state index is 0.0278. The average Bonchev–Trinajstić information content (AvgIpc) is 2.79. The van der Waals surface area contributed by atoms with E-state index in [1.54, 1.807) is 12.1 Å². The van der Waals surface area contributed by atoms with Crippen LogP contribution in [-0.2, 0) is 0 Å². The lowest BCUT2D eigenvalue weighted by Crippen LogP contribution is -2.43. The molecule has 2 heterocycles. The number of benzene rings is 1. The summed E-state index contributed by atoms with van der Waals surface area (Å²) in [5.74, 6) is -2.01. The summed E-state index contributed by atoms with van der Waals surface area (Å²) in [4.78, 5) is 20.4. The molecule has 2 aromatic heterocycles. The highest BCUT2D eigenvalue weighted by Crippen LogP contribution is 2.29. The number of hydrogen-bond donors (Lipinski definition) is 4. The Bertz CT molecular complexity index is 1190. The van der Waals surface area contributed by atoms with Gasteiger partial charge in [-0.15, -0.1) is 0 Å². The first-order chi connectivity index (χ1) is 15.8. The molecule has 2 atom stereocenters. The normalized spacial score (nSPS) is 18.1. The van der Waals surface area contributed by atoms with Crippen LogP contribution >= 0.6 is 11.6 Å². The van der Waals surface area contributed by atoms with E-state index in [9.17, 15) is 13.6 Å². The summed E-state index contributed by atoms with van der Waals surface area (Å²) in [7, 11) is 0. The predicted molar refractivity (Wildman–Crippen MR) is 124 cm³/mol. The van der Waals surface area contributed by atoms with Crippen LogP contribution in [0.3, 0.4) is 0 Å². The van der Waals surface area contributed by atoms with Gasteiger partial charge in [-0.25, -0.2) is 13.8 Å². The minimum Gasteiger partial charge on any atom is -0.365 e. The molecule has 0 saturated heterocycles. The zero-order valence-corrected chi connectivity index (χ0v) is 18.4. The number of primary amides is 1. The first-order valence-corrected chi connectivity index (χ1v) is 10.9. The molecule has 172 valence electrons. The third kappa shape index (κ3) is 5.20. The molecule has 0 unspecified atom stereocenters. The van der Waals surface area contributed by atoms with Crippen LogP contribution in [0.4, 0.5) is 26.1 Å². The van der Waals surface area contributed by atoms with Gasteiger partial charge in [0.05, 0.1) is 11.3 Å². The van der Waals surface area contributed by atoms with Crippen LogP contribution < -0.4 is 22.1 Å². The number of anilines is 3. The van der Waals surface area contributed by atoms with Gasteiger partial charge in [-0.2, -0.15) is 0 Å². The van der Waals surface area contributed by atoms with Crippen molar-refractivity contribution in [2.24, 2.45) is 11.5 Å². The Kier molecular flexibility index (Phi) is 6.71. The van der Waals surface area contributed by atoms with Crippen molar-refractivity contribution >= 4 is 34.8 Å². The Hall–Kier alpha value is -3.30. The molecule has 0 radical (unpaired) electrons. The second-order valence-electron chi connectivity index (χ2n) is 7.96. The number of nitrogens with two attached hydrogens (primary N) is 2. The molecule has 1 aromatic carbocycles. The fraction of sp³-hybridized carbons (Fsp3) is 0.261. The van der Waals surface area contributed by atoms with Crippen LogP contribution in [0.1, 0.15) is 36.0 Å². The topological polar surface area (TPSA) is 119 Å². The molecule has 1 saturated carbocycles. The highest BCUT2D eigenvalue weighted by atomic mass is 35.5. The highest BCUT2D eigenvalue weighted by molar-refractivity contribution is 6.30. The van der Waals surface area contributed by atoms with Gasteiger partial charge in [-0.3, -0.25) is 9.78 Å². The number of rotatable bonds is 6. The van der Waals surface area contributed by atoms with Gasteiger partial charge < -0.3 is 22.1 Å². The minimum atomic E-state index is -0.847. The van der Waals surface area contributed by atoms with Crippen molar-refractivity contribution < 1.29 is 13.6 Å². The van der Waals surface area contributed by atoms with E-state index in [1.807, 2.05) is 0 Å². The first-order valence-electron chi connectivity index (χ1n) is 10.5. The van der Waals surface area contributed by atoms with Crippen molar-refractivity contribution in [2.45, 2.75) is 37.8 Å². The maximum absolute atomic E-state index is 14.7. The molecule has 1 amide bonds. The second-order valence-corrected chi connectivity index (χ2v) is 8.39. The molecule has 1 aliphatic carbocycles. The zero-order valence-electron chi connectivity index (χ0n) is 17.6. The Morgan fingerprint density at radius 2 is 1.85 bits per heavy atom. The van der Waals surface area contributed by atoms with Gasteiger partial charge in [-0.1, -0.05) is 24.4 Å². The van der Waals surface area contributed by atoms with Crippen LogP contribution in [0.5, 0.6) is 0 Å². The van der Waals surface area contributed by atoms with Crippen LogP contribution in [0.15, 0.2) is 42.6 Å². The fourth-order valence-corrected chi connectivity index (χ4v) is 4.05. The monoisotopic (exact) mass is 472 g/mol.